The molecule has 3 rings (SSSR count). The number of benzene rings is 1. The second-order valence-corrected chi connectivity index (χ2v) is 4.03. The van der Waals surface area contributed by atoms with Crippen LogP contribution in [0.5, 0.6) is 6.01 Å². The molecule has 6 nitrogen and oxygen atoms in total. The molecular formula is C13H13N5O. The summed E-state index contributed by atoms with van der Waals surface area (Å²) in [4.78, 5) is 4.33. The molecule has 1 aromatic carbocycles. The van der Waals surface area contributed by atoms with E-state index in [1.807, 2.05) is 44.2 Å². The van der Waals surface area contributed by atoms with Gasteiger partial charge in [0, 0.05) is 0 Å². The highest BCUT2D eigenvalue weighted by Gasteiger charge is 2.13. The standard InChI is InChI=1S/C13H13N5O/c1-3-19-13-14-11-9(2)17-18(12(11)15-16-13)10-7-5-4-6-8-10/h4-8H,3H2,1-2H3. The van der Waals surface area contributed by atoms with E-state index in [0.29, 0.717) is 17.8 Å². The van der Waals surface area contributed by atoms with Gasteiger partial charge in [-0.25, -0.2) is 4.68 Å². The Hall–Kier alpha value is -2.50. The maximum absolute atomic E-state index is 5.26. The van der Waals surface area contributed by atoms with Gasteiger partial charge >= 0.3 is 6.01 Å². The summed E-state index contributed by atoms with van der Waals surface area (Å²) in [5.74, 6) is 0. The predicted octanol–water partition coefficient (Wildman–Crippen LogP) is 1.92. The van der Waals surface area contributed by atoms with Crippen molar-refractivity contribution in [3.05, 3.63) is 36.0 Å². The second-order valence-electron chi connectivity index (χ2n) is 4.03. The van der Waals surface area contributed by atoms with Crippen LogP contribution in [-0.2, 0) is 0 Å². The van der Waals surface area contributed by atoms with Crippen LogP contribution in [0.25, 0.3) is 16.9 Å². The van der Waals surface area contributed by atoms with E-state index in [9.17, 15) is 0 Å². The average Bonchev–Trinajstić information content (AvgIpc) is 2.78. The molecule has 3 aromatic rings. The number of rotatable bonds is 3. The molecule has 0 saturated heterocycles. The highest BCUT2D eigenvalue weighted by Crippen LogP contribution is 2.18. The Morgan fingerprint density at radius 3 is 2.68 bits per heavy atom. The number of fused-ring (bicyclic) bond motifs is 1. The molecule has 0 unspecified atom stereocenters. The lowest BCUT2D eigenvalue weighted by Crippen LogP contribution is -2.02. The molecule has 0 amide bonds. The molecule has 0 bridgehead atoms. The van der Waals surface area contributed by atoms with Gasteiger partial charge in [-0.3, -0.25) is 0 Å². The van der Waals surface area contributed by atoms with E-state index in [1.54, 1.807) is 4.68 Å². The molecule has 0 saturated carbocycles. The van der Waals surface area contributed by atoms with Gasteiger partial charge in [-0.05, 0) is 26.0 Å². The molecule has 0 fully saturated rings. The summed E-state index contributed by atoms with van der Waals surface area (Å²) < 4.78 is 7.00. The fourth-order valence-corrected chi connectivity index (χ4v) is 1.88. The highest BCUT2D eigenvalue weighted by atomic mass is 16.5. The summed E-state index contributed by atoms with van der Waals surface area (Å²) in [6, 6.07) is 10.1. The van der Waals surface area contributed by atoms with Gasteiger partial charge in [-0.1, -0.05) is 23.3 Å². The number of aryl methyl sites for hydroxylation is 1. The fraction of sp³-hybridized carbons (Fsp3) is 0.231. The first kappa shape index (κ1) is 11.6. The summed E-state index contributed by atoms with van der Waals surface area (Å²) in [7, 11) is 0. The summed E-state index contributed by atoms with van der Waals surface area (Å²) in [5.41, 5.74) is 3.07. The molecule has 0 aliphatic rings. The zero-order valence-electron chi connectivity index (χ0n) is 10.7. The van der Waals surface area contributed by atoms with Gasteiger partial charge < -0.3 is 4.74 Å². The quantitative estimate of drug-likeness (QED) is 0.715. The third-order valence-electron chi connectivity index (χ3n) is 2.72. The fourth-order valence-electron chi connectivity index (χ4n) is 1.88. The largest absolute Gasteiger partial charge is 0.463 e. The third-order valence-corrected chi connectivity index (χ3v) is 2.72. The van der Waals surface area contributed by atoms with Gasteiger partial charge in [0.05, 0.1) is 18.0 Å². The van der Waals surface area contributed by atoms with Gasteiger partial charge in [0.2, 0.25) is 5.65 Å². The molecule has 0 N–H and O–H groups in total. The molecule has 2 heterocycles. The van der Waals surface area contributed by atoms with Crippen LogP contribution in [-0.4, -0.2) is 31.6 Å². The van der Waals surface area contributed by atoms with Crippen molar-refractivity contribution in [2.45, 2.75) is 13.8 Å². The minimum atomic E-state index is 0.283. The first-order valence-corrected chi connectivity index (χ1v) is 6.08. The molecule has 19 heavy (non-hydrogen) atoms. The second kappa shape index (κ2) is 4.64. The van der Waals surface area contributed by atoms with E-state index in [4.69, 9.17) is 4.74 Å². The topological polar surface area (TPSA) is 65.7 Å². The molecular weight excluding hydrogens is 242 g/mol. The maximum atomic E-state index is 5.26. The van der Waals surface area contributed by atoms with Gasteiger partial charge in [0.15, 0.2) is 0 Å². The number of ether oxygens (including phenoxy) is 1. The lowest BCUT2D eigenvalue weighted by Gasteiger charge is -2.02. The highest BCUT2D eigenvalue weighted by molar-refractivity contribution is 5.74. The normalized spacial score (nSPS) is 10.8. The van der Waals surface area contributed by atoms with E-state index in [-0.39, 0.29) is 6.01 Å². The van der Waals surface area contributed by atoms with E-state index >= 15 is 0 Å². The Balaban J connectivity index is 2.18. The Morgan fingerprint density at radius 1 is 1.16 bits per heavy atom. The molecule has 96 valence electrons. The lowest BCUT2D eigenvalue weighted by molar-refractivity contribution is 0.309. The molecule has 0 aliphatic heterocycles. The number of para-hydroxylation sites is 1. The van der Waals surface area contributed by atoms with E-state index < -0.39 is 0 Å². The number of hydrogen-bond donors (Lipinski definition) is 0. The van der Waals surface area contributed by atoms with Crippen molar-refractivity contribution in [2.24, 2.45) is 0 Å². The van der Waals surface area contributed by atoms with Gasteiger partial charge in [-0.2, -0.15) is 10.1 Å². The molecule has 2 aromatic heterocycles. The van der Waals surface area contributed by atoms with Crippen LogP contribution in [0.2, 0.25) is 0 Å². The maximum Gasteiger partial charge on any atom is 0.336 e. The van der Waals surface area contributed by atoms with Crippen LogP contribution in [0.3, 0.4) is 0 Å². The Labute approximate surface area is 110 Å². The molecule has 0 radical (unpaired) electrons. The minimum Gasteiger partial charge on any atom is -0.463 e. The summed E-state index contributed by atoms with van der Waals surface area (Å²) in [6.07, 6.45) is 0. The van der Waals surface area contributed by atoms with Gasteiger partial charge in [0.25, 0.3) is 0 Å². The molecule has 0 spiro atoms. The molecule has 0 atom stereocenters. The van der Waals surface area contributed by atoms with Crippen LogP contribution in [0.4, 0.5) is 0 Å². The van der Waals surface area contributed by atoms with Crippen molar-refractivity contribution in [3.8, 4) is 11.7 Å². The Kier molecular flexibility index (Phi) is 2.83. The Morgan fingerprint density at radius 2 is 1.95 bits per heavy atom. The number of nitrogens with zero attached hydrogens (tertiary/aromatic N) is 5. The van der Waals surface area contributed by atoms with Crippen molar-refractivity contribution < 1.29 is 4.74 Å². The lowest BCUT2D eigenvalue weighted by atomic mass is 10.3. The first-order valence-electron chi connectivity index (χ1n) is 6.08. The minimum absolute atomic E-state index is 0.283. The van der Waals surface area contributed by atoms with E-state index in [0.717, 1.165) is 11.4 Å². The summed E-state index contributed by atoms with van der Waals surface area (Å²) >= 11 is 0. The van der Waals surface area contributed by atoms with Crippen molar-refractivity contribution in [1.29, 1.82) is 0 Å². The average molecular weight is 255 g/mol. The summed E-state index contributed by atoms with van der Waals surface area (Å²) in [6.45, 7) is 4.29. The molecule has 0 aliphatic carbocycles. The van der Waals surface area contributed by atoms with Crippen LogP contribution < -0.4 is 4.74 Å². The predicted molar refractivity (Wildman–Crippen MR) is 70.4 cm³/mol. The van der Waals surface area contributed by atoms with Crippen molar-refractivity contribution in [3.63, 3.8) is 0 Å². The van der Waals surface area contributed by atoms with Gasteiger partial charge in [0.1, 0.15) is 5.52 Å². The summed E-state index contributed by atoms with van der Waals surface area (Å²) in [5, 5.41) is 12.6. The molecule has 6 heteroatoms. The monoisotopic (exact) mass is 255 g/mol. The zero-order chi connectivity index (χ0) is 13.2. The number of hydrogen-bond acceptors (Lipinski definition) is 5. The van der Waals surface area contributed by atoms with E-state index in [1.165, 1.54) is 0 Å². The van der Waals surface area contributed by atoms with Crippen LogP contribution >= 0.6 is 0 Å². The smallest absolute Gasteiger partial charge is 0.336 e. The van der Waals surface area contributed by atoms with Crippen LogP contribution in [0.15, 0.2) is 30.3 Å². The van der Waals surface area contributed by atoms with Gasteiger partial charge in [-0.15, -0.1) is 5.10 Å². The van der Waals surface area contributed by atoms with Crippen molar-refractivity contribution >= 4 is 11.2 Å². The van der Waals surface area contributed by atoms with Crippen LogP contribution in [0.1, 0.15) is 12.6 Å². The Bertz CT molecular complexity index is 708. The third kappa shape index (κ3) is 2.01. The zero-order valence-corrected chi connectivity index (χ0v) is 10.7. The SMILES string of the molecule is CCOc1nnc2c(n1)c(C)nn2-c1ccccc1. The van der Waals surface area contributed by atoms with Crippen LogP contribution in [0, 0.1) is 6.92 Å². The van der Waals surface area contributed by atoms with Crippen molar-refractivity contribution in [2.75, 3.05) is 6.61 Å². The van der Waals surface area contributed by atoms with E-state index in [2.05, 4.69) is 20.3 Å². The van der Waals surface area contributed by atoms with Crippen molar-refractivity contribution in [1.82, 2.24) is 25.0 Å². The number of aromatic nitrogens is 5. The first-order chi connectivity index (χ1) is 9.29.